The first kappa shape index (κ1) is 10.7. The first-order chi connectivity index (χ1) is 6.57. The van der Waals surface area contributed by atoms with Crippen LogP contribution >= 0.6 is 0 Å². The fourth-order valence-corrected chi connectivity index (χ4v) is 1.33. The van der Waals surface area contributed by atoms with E-state index in [2.05, 4.69) is 10.3 Å². The standard InChI is InChI=1S/C9H16N4O/c1-6(10)8-4-12-5-13(8)7(2)9(14)11-3/h4-7H,10H2,1-3H3,(H,11,14). The summed E-state index contributed by atoms with van der Waals surface area (Å²) in [7, 11) is 1.61. The maximum absolute atomic E-state index is 11.4. The van der Waals surface area contributed by atoms with Crippen LogP contribution in [0.25, 0.3) is 0 Å². The molecule has 0 aliphatic carbocycles. The predicted molar refractivity (Wildman–Crippen MR) is 53.6 cm³/mol. The van der Waals surface area contributed by atoms with E-state index in [1.807, 2.05) is 13.8 Å². The molecule has 14 heavy (non-hydrogen) atoms. The van der Waals surface area contributed by atoms with Gasteiger partial charge in [-0.1, -0.05) is 0 Å². The summed E-state index contributed by atoms with van der Waals surface area (Å²) in [5, 5.41) is 2.59. The second kappa shape index (κ2) is 4.23. The maximum Gasteiger partial charge on any atom is 0.242 e. The van der Waals surface area contributed by atoms with Gasteiger partial charge in [0.25, 0.3) is 0 Å². The van der Waals surface area contributed by atoms with Gasteiger partial charge in [0.05, 0.1) is 12.0 Å². The van der Waals surface area contributed by atoms with E-state index >= 15 is 0 Å². The summed E-state index contributed by atoms with van der Waals surface area (Å²) in [5.74, 6) is -0.0510. The lowest BCUT2D eigenvalue weighted by Crippen LogP contribution is -2.29. The van der Waals surface area contributed by atoms with Crippen LogP contribution in [0.15, 0.2) is 12.5 Å². The molecule has 0 aliphatic heterocycles. The Hall–Kier alpha value is -1.36. The van der Waals surface area contributed by atoms with Crippen LogP contribution in [0.3, 0.4) is 0 Å². The van der Waals surface area contributed by atoms with Crippen molar-refractivity contribution in [2.24, 2.45) is 5.73 Å². The molecule has 78 valence electrons. The van der Waals surface area contributed by atoms with Crippen molar-refractivity contribution in [2.45, 2.75) is 25.9 Å². The third kappa shape index (κ3) is 1.93. The van der Waals surface area contributed by atoms with Crippen LogP contribution in [0.1, 0.15) is 31.6 Å². The number of carbonyl (C=O) groups is 1. The van der Waals surface area contributed by atoms with E-state index in [1.54, 1.807) is 24.1 Å². The van der Waals surface area contributed by atoms with Crippen molar-refractivity contribution in [1.82, 2.24) is 14.9 Å². The van der Waals surface area contributed by atoms with Crippen molar-refractivity contribution in [3.63, 3.8) is 0 Å². The second-order valence-corrected chi connectivity index (χ2v) is 3.30. The maximum atomic E-state index is 11.4. The zero-order valence-electron chi connectivity index (χ0n) is 8.69. The lowest BCUT2D eigenvalue weighted by Gasteiger charge is -2.16. The number of amides is 1. The van der Waals surface area contributed by atoms with Gasteiger partial charge in [-0.25, -0.2) is 4.98 Å². The number of nitrogens with zero attached hydrogens (tertiary/aromatic N) is 2. The van der Waals surface area contributed by atoms with E-state index < -0.39 is 0 Å². The van der Waals surface area contributed by atoms with Crippen molar-refractivity contribution in [1.29, 1.82) is 0 Å². The molecule has 1 amide bonds. The molecule has 1 aromatic rings. The Morgan fingerprint density at radius 3 is 2.79 bits per heavy atom. The lowest BCUT2D eigenvalue weighted by atomic mass is 10.2. The van der Waals surface area contributed by atoms with E-state index in [-0.39, 0.29) is 18.0 Å². The molecule has 0 aromatic carbocycles. The number of aromatic nitrogens is 2. The Kier molecular flexibility index (Phi) is 3.24. The van der Waals surface area contributed by atoms with Crippen LogP contribution in [-0.4, -0.2) is 22.5 Å². The number of carbonyl (C=O) groups excluding carboxylic acids is 1. The van der Waals surface area contributed by atoms with E-state index in [9.17, 15) is 4.79 Å². The van der Waals surface area contributed by atoms with Crippen LogP contribution < -0.4 is 11.1 Å². The molecule has 1 heterocycles. The molecular weight excluding hydrogens is 180 g/mol. The molecule has 5 heteroatoms. The van der Waals surface area contributed by atoms with E-state index in [4.69, 9.17) is 5.73 Å². The topological polar surface area (TPSA) is 72.9 Å². The zero-order chi connectivity index (χ0) is 10.7. The molecule has 3 N–H and O–H groups in total. The Bertz CT molecular complexity index is 318. The molecule has 1 rings (SSSR count). The van der Waals surface area contributed by atoms with Gasteiger partial charge in [0.2, 0.25) is 5.91 Å². The number of nitrogens with one attached hydrogen (secondary N) is 1. The summed E-state index contributed by atoms with van der Waals surface area (Å²) < 4.78 is 1.78. The molecule has 0 fully saturated rings. The van der Waals surface area contributed by atoms with Crippen molar-refractivity contribution >= 4 is 5.91 Å². The normalized spacial score (nSPS) is 14.9. The quantitative estimate of drug-likeness (QED) is 0.725. The first-order valence-corrected chi connectivity index (χ1v) is 4.56. The van der Waals surface area contributed by atoms with Crippen molar-refractivity contribution < 1.29 is 4.79 Å². The average Bonchev–Trinajstić information content (AvgIpc) is 2.63. The predicted octanol–water partition coefficient (Wildman–Crippen LogP) is 0.210. The summed E-state index contributed by atoms with van der Waals surface area (Å²) in [6, 6.07) is -0.395. The van der Waals surface area contributed by atoms with Crippen LogP contribution in [0.5, 0.6) is 0 Å². The highest BCUT2D eigenvalue weighted by atomic mass is 16.2. The van der Waals surface area contributed by atoms with Gasteiger partial charge >= 0.3 is 0 Å². The van der Waals surface area contributed by atoms with Gasteiger partial charge in [-0.15, -0.1) is 0 Å². The van der Waals surface area contributed by atoms with Crippen molar-refractivity contribution in [3.8, 4) is 0 Å². The molecule has 0 spiro atoms. The van der Waals surface area contributed by atoms with Gasteiger partial charge in [0.15, 0.2) is 0 Å². The molecule has 2 atom stereocenters. The van der Waals surface area contributed by atoms with Crippen molar-refractivity contribution in [3.05, 3.63) is 18.2 Å². The van der Waals surface area contributed by atoms with Gasteiger partial charge in [-0.3, -0.25) is 4.79 Å². The third-order valence-electron chi connectivity index (χ3n) is 2.21. The number of imidazole rings is 1. The minimum atomic E-state index is -0.275. The number of hydrogen-bond acceptors (Lipinski definition) is 3. The van der Waals surface area contributed by atoms with Gasteiger partial charge in [0.1, 0.15) is 6.04 Å². The number of likely N-dealkylation sites (N-methyl/N-ethyl adjacent to an activating group) is 1. The fraction of sp³-hybridized carbons (Fsp3) is 0.556. The van der Waals surface area contributed by atoms with Crippen LogP contribution in [-0.2, 0) is 4.79 Å². The third-order valence-corrected chi connectivity index (χ3v) is 2.21. The Morgan fingerprint density at radius 2 is 2.29 bits per heavy atom. The number of rotatable bonds is 3. The summed E-state index contributed by atoms with van der Waals surface area (Å²) in [6.45, 7) is 3.68. The molecule has 0 saturated heterocycles. The highest BCUT2D eigenvalue weighted by Gasteiger charge is 2.17. The number of nitrogens with two attached hydrogens (primary N) is 1. The Labute approximate surface area is 83.3 Å². The molecule has 2 unspecified atom stereocenters. The SMILES string of the molecule is CNC(=O)C(C)n1cncc1C(C)N. The Balaban J connectivity index is 2.94. The molecule has 0 radical (unpaired) electrons. The van der Waals surface area contributed by atoms with Crippen LogP contribution in [0.2, 0.25) is 0 Å². The second-order valence-electron chi connectivity index (χ2n) is 3.30. The Morgan fingerprint density at radius 1 is 1.64 bits per heavy atom. The van der Waals surface area contributed by atoms with E-state index in [1.165, 1.54) is 0 Å². The minimum absolute atomic E-state index is 0.0510. The molecule has 0 aliphatic rings. The summed E-state index contributed by atoms with van der Waals surface area (Å²) in [4.78, 5) is 15.4. The minimum Gasteiger partial charge on any atom is -0.357 e. The van der Waals surface area contributed by atoms with E-state index in [0.717, 1.165) is 5.69 Å². The average molecular weight is 196 g/mol. The largest absolute Gasteiger partial charge is 0.357 e. The molecule has 0 saturated carbocycles. The van der Waals surface area contributed by atoms with Gasteiger partial charge < -0.3 is 15.6 Å². The van der Waals surface area contributed by atoms with Gasteiger partial charge in [-0.05, 0) is 13.8 Å². The zero-order valence-corrected chi connectivity index (χ0v) is 8.69. The summed E-state index contributed by atoms with van der Waals surface area (Å²) in [5.41, 5.74) is 6.61. The molecule has 1 aromatic heterocycles. The molecule has 5 nitrogen and oxygen atoms in total. The van der Waals surface area contributed by atoms with Crippen molar-refractivity contribution in [2.75, 3.05) is 7.05 Å². The fourth-order valence-electron chi connectivity index (χ4n) is 1.33. The molecular formula is C9H16N4O. The van der Waals surface area contributed by atoms with Gasteiger partial charge in [-0.2, -0.15) is 0 Å². The summed E-state index contributed by atoms with van der Waals surface area (Å²) in [6.07, 6.45) is 3.31. The number of hydrogen-bond donors (Lipinski definition) is 2. The first-order valence-electron chi connectivity index (χ1n) is 4.56. The van der Waals surface area contributed by atoms with Crippen LogP contribution in [0.4, 0.5) is 0 Å². The monoisotopic (exact) mass is 196 g/mol. The molecule has 0 bridgehead atoms. The highest BCUT2D eigenvalue weighted by Crippen LogP contribution is 2.14. The highest BCUT2D eigenvalue weighted by molar-refractivity contribution is 5.79. The summed E-state index contributed by atoms with van der Waals surface area (Å²) >= 11 is 0. The van der Waals surface area contributed by atoms with E-state index in [0.29, 0.717) is 0 Å². The smallest absolute Gasteiger partial charge is 0.242 e. The van der Waals surface area contributed by atoms with Gasteiger partial charge in [0, 0.05) is 19.3 Å². The van der Waals surface area contributed by atoms with Crippen LogP contribution in [0, 0.1) is 0 Å². The lowest BCUT2D eigenvalue weighted by molar-refractivity contribution is -0.123.